The highest BCUT2D eigenvalue weighted by Gasteiger charge is 2.38. The van der Waals surface area contributed by atoms with E-state index in [0.717, 1.165) is 99.6 Å². The second-order valence-electron chi connectivity index (χ2n) is 22.5. The number of hydrogen-bond acceptors (Lipinski definition) is 7. The zero-order valence-corrected chi connectivity index (χ0v) is 47.4. The molecular weight excluding hydrogens is 1040 g/mol. The first kappa shape index (κ1) is 49.2. The van der Waals surface area contributed by atoms with Crippen LogP contribution in [0.5, 0.6) is 5.75 Å². The largest absolute Gasteiger partial charge is 0.456 e. The van der Waals surface area contributed by atoms with Crippen molar-refractivity contribution in [2.75, 3.05) is 4.90 Å². The minimum Gasteiger partial charge on any atom is -0.456 e. The predicted molar refractivity (Wildman–Crippen MR) is 346 cm³/mol. The number of nitrogens with zero attached hydrogens (tertiary/aromatic N) is 2. The summed E-state index contributed by atoms with van der Waals surface area (Å²) < 4.78 is 21.0. The molecule has 0 bridgehead atoms. The summed E-state index contributed by atoms with van der Waals surface area (Å²) in [5, 5.41) is 7.98. The van der Waals surface area contributed by atoms with Crippen LogP contribution in [0.2, 0.25) is 0 Å². The molecule has 6 heterocycles. The first-order chi connectivity index (χ1) is 40.5. The zero-order chi connectivity index (χ0) is 54.4. The van der Waals surface area contributed by atoms with E-state index in [9.17, 15) is 0 Å². The Balaban J connectivity index is 0.794. The van der Waals surface area contributed by atoms with E-state index in [1.807, 2.05) is 28.9 Å². The highest BCUT2D eigenvalue weighted by Crippen LogP contribution is 2.52. The minimum atomic E-state index is -0.0348. The van der Waals surface area contributed by atoms with Crippen molar-refractivity contribution in [2.24, 2.45) is 4.99 Å². The molecule has 7 heteroatoms. The van der Waals surface area contributed by atoms with Crippen LogP contribution < -0.4 is 9.08 Å². The molecule has 0 fully saturated rings. The molecular formula is C75H58N2O3S2. The van der Waals surface area contributed by atoms with Crippen molar-refractivity contribution in [3.63, 3.8) is 0 Å². The van der Waals surface area contributed by atoms with Gasteiger partial charge in [0.05, 0.1) is 29.8 Å². The second kappa shape index (κ2) is 20.1. The molecule has 8 aromatic carbocycles. The van der Waals surface area contributed by atoms with Gasteiger partial charge in [0, 0.05) is 65.0 Å². The summed E-state index contributed by atoms with van der Waals surface area (Å²) in [4.78, 5) is 9.91. The number of para-hydroxylation sites is 2. The molecule has 0 N–H and O–H groups in total. The van der Waals surface area contributed by atoms with Gasteiger partial charge in [-0.1, -0.05) is 166 Å². The third kappa shape index (κ3) is 8.14. The fourth-order valence-electron chi connectivity index (χ4n) is 14.0. The topological polar surface area (TPSA) is 51.1 Å². The Hall–Kier alpha value is -8.62. The summed E-state index contributed by atoms with van der Waals surface area (Å²) in [5.41, 5.74) is 22.2. The van der Waals surface area contributed by atoms with Gasteiger partial charge in [-0.25, -0.2) is 0 Å². The van der Waals surface area contributed by atoms with Crippen molar-refractivity contribution >= 4 is 106 Å². The molecule has 2 aliphatic carbocycles. The van der Waals surface area contributed by atoms with E-state index in [0.29, 0.717) is 5.92 Å². The molecule has 16 rings (SSSR count). The Labute approximate surface area is 485 Å². The summed E-state index contributed by atoms with van der Waals surface area (Å²) >= 11 is 3.31. The van der Waals surface area contributed by atoms with E-state index in [1.165, 1.54) is 99.4 Å². The van der Waals surface area contributed by atoms with Crippen LogP contribution in [0.4, 0.5) is 11.4 Å². The van der Waals surface area contributed by atoms with Gasteiger partial charge in [0.25, 0.3) is 0 Å². The van der Waals surface area contributed by atoms with E-state index in [-0.39, 0.29) is 18.0 Å². The van der Waals surface area contributed by atoms with Crippen LogP contribution >= 0.6 is 23.4 Å². The fourth-order valence-corrected chi connectivity index (χ4v) is 15.8. The maximum Gasteiger partial charge on any atom is 0.143 e. The van der Waals surface area contributed by atoms with Crippen molar-refractivity contribution in [3.8, 4) is 28.0 Å². The zero-order valence-electron chi connectivity index (χ0n) is 45.8. The standard InChI is InChI=1S/C75H58N2O3S2/c1-3-52-54(21-14-24-63(50-31-30-47-16-5-4-12-41-81-80-69(47)44-50)76-73(52)60-38-29-45(2)71-59-19-8-11-28-70(59)82-75(60)71)57-22-15-27-68-72(57)62-43-49(35-40-67(62)78-68)48-34-39-65-61(42-48)55-17-6-9-25-64(55)77(65)51-36-32-46(33-37-51)53-20-13-23-58-56-18-7-10-26-66(56)79-74(53)58/h4-13,15,17-20,22-23,25-28,30-45,55,63-64H,3,14,16,21,24,29H2,1-2H3/b5-4-,41-12-,54-52?,76-73?. The lowest BCUT2D eigenvalue weighted by molar-refractivity contribution is 0.606. The summed E-state index contributed by atoms with van der Waals surface area (Å²) in [7, 11) is 0. The number of thiophene rings is 1. The SMILES string of the molecule is CCC1=C(c2cccc3oc4ccc(-c5ccc6c(c5)C5C=CC=CC5N6c5ccc(-c6cccc7c6oc6ccccc67)cc5)cc4c23)CCCC(c2ccc3c(c2)OS/C=C\C=C/C3)N=C1C1=CCC(C)c2c1sc1ccccc21. The monoisotopic (exact) mass is 1100 g/mol. The van der Waals surface area contributed by atoms with E-state index in [2.05, 4.69) is 219 Å². The molecule has 11 aromatic rings. The number of rotatable bonds is 7. The van der Waals surface area contributed by atoms with Crippen LogP contribution in [0.25, 0.3) is 87.4 Å². The Morgan fingerprint density at radius 1 is 0.671 bits per heavy atom. The number of aliphatic imine (C=N–C) groups is 1. The van der Waals surface area contributed by atoms with E-state index in [1.54, 1.807) is 0 Å². The van der Waals surface area contributed by atoms with Crippen molar-refractivity contribution in [1.82, 2.24) is 0 Å². The number of benzene rings is 8. The molecule has 3 aromatic heterocycles. The average Bonchev–Trinajstić information content (AvgIpc) is 3.88. The summed E-state index contributed by atoms with van der Waals surface area (Å²) in [5.74, 6) is 1.55. The van der Waals surface area contributed by atoms with Crippen molar-refractivity contribution in [2.45, 2.75) is 76.3 Å². The van der Waals surface area contributed by atoms with Crippen molar-refractivity contribution in [3.05, 3.63) is 256 Å². The minimum absolute atomic E-state index is 0.0348. The van der Waals surface area contributed by atoms with E-state index < -0.39 is 0 Å². The molecule has 3 aliphatic heterocycles. The van der Waals surface area contributed by atoms with Crippen LogP contribution in [0.1, 0.15) is 96.5 Å². The molecule has 0 radical (unpaired) electrons. The lowest BCUT2D eigenvalue weighted by atomic mass is 9.80. The van der Waals surface area contributed by atoms with Crippen LogP contribution in [0.3, 0.4) is 0 Å². The molecule has 0 saturated carbocycles. The van der Waals surface area contributed by atoms with Gasteiger partial charge >= 0.3 is 0 Å². The van der Waals surface area contributed by atoms with Crippen molar-refractivity contribution in [1.29, 1.82) is 0 Å². The Morgan fingerprint density at radius 2 is 1.46 bits per heavy atom. The molecule has 0 amide bonds. The normalized spacial score (nSPS) is 20.3. The molecule has 4 atom stereocenters. The lowest BCUT2D eigenvalue weighted by Gasteiger charge is -2.28. The number of hydrogen-bond donors (Lipinski definition) is 0. The van der Waals surface area contributed by atoms with Crippen LogP contribution in [0, 0.1) is 0 Å². The average molecular weight is 1100 g/mol. The third-order valence-corrected chi connectivity index (χ3v) is 19.7. The fraction of sp³-hybridized carbons (Fsp3) is 0.160. The molecule has 0 spiro atoms. The third-order valence-electron chi connectivity index (χ3n) is 17.9. The highest BCUT2D eigenvalue weighted by atomic mass is 32.2. The van der Waals surface area contributed by atoms with E-state index in [4.69, 9.17) is 18.0 Å². The van der Waals surface area contributed by atoms with Gasteiger partial charge in [-0.2, -0.15) is 0 Å². The maximum absolute atomic E-state index is 6.85. The van der Waals surface area contributed by atoms with E-state index >= 15 is 0 Å². The first-order valence-electron chi connectivity index (χ1n) is 29.1. The summed E-state index contributed by atoms with van der Waals surface area (Å²) in [6.07, 6.45) is 23.5. The Kier molecular flexibility index (Phi) is 12.1. The van der Waals surface area contributed by atoms with Gasteiger partial charge in [-0.05, 0) is 166 Å². The smallest absolute Gasteiger partial charge is 0.143 e. The van der Waals surface area contributed by atoms with Gasteiger partial charge in [0.2, 0.25) is 0 Å². The number of furan rings is 2. The molecule has 4 unspecified atom stereocenters. The summed E-state index contributed by atoms with van der Waals surface area (Å²) in [6, 6.07) is 60.4. The summed E-state index contributed by atoms with van der Waals surface area (Å²) in [6.45, 7) is 4.73. The highest BCUT2D eigenvalue weighted by molar-refractivity contribution is 7.97. The number of allylic oxidation sites excluding steroid dienone is 9. The van der Waals surface area contributed by atoms with Crippen molar-refractivity contribution < 1.29 is 13.0 Å². The predicted octanol–water partition coefficient (Wildman–Crippen LogP) is 21.5. The van der Waals surface area contributed by atoms with Gasteiger partial charge < -0.3 is 17.9 Å². The number of fused-ring (bicyclic) bond motifs is 13. The quantitative estimate of drug-likeness (QED) is 0.149. The number of anilines is 2. The Bertz CT molecular complexity index is 4650. The second-order valence-corrected chi connectivity index (χ2v) is 24.2. The maximum atomic E-state index is 6.85. The van der Waals surface area contributed by atoms with Crippen LogP contribution in [0.15, 0.2) is 237 Å². The van der Waals surface area contributed by atoms with Gasteiger partial charge in [-0.3, -0.25) is 4.99 Å². The van der Waals surface area contributed by atoms with Crippen LogP contribution in [-0.2, 0) is 6.42 Å². The van der Waals surface area contributed by atoms with Gasteiger partial charge in [0.1, 0.15) is 28.1 Å². The van der Waals surface area contributed by atoms with Gasteiger partial charge in [0.15, 0.2) is 0 Å². The lowest BCUT2D eigenvalue weighted by Crippen LogP contribution is -2.28. The molecule has 0 saturated heterocycles. The molecule has 398 valence electrons. The van der Waals surface area contributed by atoms with Crippen LogP contribution in [-0.4, -0.2) is 11.8 Å². The molecule has 5 nitrogen and oxygen atoms in total. The molecule has 82 heavy (non-hydrogen) atoms. The van der Waals surface area contributed by atoms with Gasteiger partial charge in [-0.15, -0.1) is 11.3 Å². The molecule has 5 aliphatic rings. The Morgan fingerprint density at radius 3 is 2.39 bits per heavy atom. The first-order valence-corrected chi connectivity index (χ1v) is 30.7.